The first-order valence-electron chi connectivity index (χ1n) is 8.92. The summed E-state index contributed by atoms with van der Waals surface area (Å²) in [4.78, 5) is 4.88. The molecule has 0 aliphatic heterocycles. The van der Waals surface area contributed by atoms with Crippen molar-refractivity contribution in [3.63, 3.8) is 0 Å². The number of rotatable bonds is 7. The van der Waals surface area contributed by atoms with Crippen LogP contribution in [0.15, 0.2) is 46.3 Å². The molecule has 152 valence electrons. The summed E-state index contributed by atoms with van der Waals surface area (Å²) < 4.78 is 28.5. The highest BCUT2D eigenvalue weighted by atomic mass is 32.2. The second-order valence-corrected chi connectivity index (χ2v) is 8.41. The van der Waals surface area contributed by atoms with Gasteiger partial charge in [-0.05, 0) is 48.7 Å². The summed E-state index contributed by atoms with van der Waals surface area (Å²) in [5.41, 5.74) is 2.52. The van der Waals surface area contributed by atoms with Crippen molar-refractivity contribution in [3.05, 3.63) is 53.1 Å². The lowest BCUT2D eigenvalue weighted by atomic mass is 10.1. The molecule has 0 heterocycles. The number of benzene rings is 2. The largest absolute Gasteiger partial charge is 0.504 e. The standard InChI is InChI=1S/C20H27N3O4S/c1-5-21-20(23-13-16-6-8-18(27-3)17(24)11-16)22-12-15-7-9-19(14(2)10-15)28(4,25)26/h6-11,24H,5,12-13H2,1-4H3,(H2,21,22,23). The Kier molecular flexibility index (Phi) is 7.28. The van der Waals surface area contributed by atoms with E-state index in [1.54, 1.807) is 31.2 Å². The van der Waals surface area contributed by atoms with Crippen molar-refractivity contribution in [3.8, 4) is 11.5 Å². The molecule has 0 amide bonds. The van der Waals surface area contributed by atoms with E-state index in [1.807, 2.05) is 19.1 Å². The number of nitrogens with one attached hydrogen (secondary N) is 2. The van der Waals surface area contributed by atoms with E-state index in [9.17, 15) is 13.5 Å². The van der Waals surface area contributed by atoms with Gasteiger partial charge in [0, 0.05) is 19.3 Å². The molecule has 3 N–H and O–H groups in total. The van der Waals surface area contributed by atoms with Crippen molar-refractivity contribution in [1.29, 1.82) is 0 Å². The maximum atomic E-state index is 11.7. The molecule has 8 heteroatoms. The highest BCUT2D eigenvalue weighted by molar-refractivity contribution is 7.90. The number of aryl methyl sites for hydroxylation is 1. The van der Waals surface area contributed by atoms with Gasteiger partial charge in [0.25, 0.3) is 0 Å². The third-order valence-electron chi connectivity index (χ3n) is 4.11. The Morgan fingerprint density at radius 2 is 1.86 bits per heavy atom. The number of phenolic OH excluding ortho intramolecular Hbond substituents is 1. The van der Waals surface area contributed by atoms with Gasteiger partial charge >= 0.3 is 0 Å². The molecule has 0 aliphatic carbocycles. The van der Waals surface area contributed by atoms with Gasteiger partial charge in [0.05, 0.1) is 18.6 Å². The van der Waals surface area contributed by atoms with Crippen LogP contribution in [0.4, 0.5) is 0 Å². The van der Waals surface area contributed by atoms with Crippen molar-refractivity contribution in [2.45, 2.75) is 31.8 Å². The molecule has 7 nitrogen and oxygen atoms in total. The Bertz CT molecular complexity index is 956. The van der Waals surface area contributed by atoms with Gasteiger partial charge in [-0.1, -0.05) is 18.2 Å². The summed E-state index contributed by atoms with van der Waals surface area (Å²) in [6.07, 6.45) is 1.21. The average Bonchev–Trinajstić information content (AvgIpc) is 2.63. The number of methoxy groups -OCH3 is 1. The van der Waals surface area contributed by atoms with E-state index in [-0.39, 0.29) is 5.75 Å². The van der Waals surface area contributed by atoms with E-state index in [0.29, 0.717) is 41.8 Å². The number of aromatic hydroxyl groups is 1. The van der Waals surface area contributed by atoms with Crippen LogP contribution in [-0.4, -0.2) is 39.4 Å². The van der Waals surface area contributed by atoms with E-state index in [4.69, 9.17) is 4.74 Å². The summed E-state index contributed by atoms with van der Waals surface area (Å²) in [6, 6.07) is 10.5. The molecule has 2 aromatic rings. The van der Waals surface area contributed by atoms with Crippen LogP contribution in [0.1, 0.15) is 23.6 Å². The van der Waals surface area contributed by atoms with Crippen molar-refractivity contribution >= 4 is 15.8 Å². The van der Waals surface area contributed by atoms with Crippen LogP contribution in [0.3, 0.4) is 0 Å². The number of hydrogen-bond donors (Lipinski definition) is 3. The highest BCUT2D eigenvalue weighted by Crippen LogP contribution is 2.26. The fourth-order valence-corrected chi connectivity index (χ4v) is 3.73. The van der Waals surface area contributed by atoms with Crippen LogP contribution in [0.2, 0.25) is 0 Å². The maximum Gasteiger partial charge on any atom is 0.191 e. The van der Waals surface area contributed by atoms with Crippen molar-refractivity contribution < 1.29 is 18.3 Å². The summed E-state index contributed by atoms with van der Waals surface area (Å²) >= 11 is 0. The van der Waals surface area contributed by atoms with E-state index < -0.39 is 9.84 Å². The third-order valence-corrected chi connectivity index (χ3v) is 5.36. The molecule has 0 aliphatic rings. The quantitative estimate of drug-likeness (QED) is 0.483. The summed E-state index contributed by atoms with van der Waals surface area (Å²) in [7, 11) is -1.72. The van der Waals surface area contributed by atoms with E-state index >= 15 is 0 Å². The van der Waals surface area contributed by atoms with E-state index in [0.717, 1.165) is 11.1 Å². The van der Waals surface area contributed by atoms with Crippen LogP contribution in [0, 0.1) is 6.92 Å². The number of sulfone groups is 1. The highest BCUT2D eigenvalue weighted by Gasteiger charge is 2.11. The number of nitrogens with zero attached hydrogens (tertiary/aromatic N) is 1. The molecule has 0 fully saturated rings. The number of hydrogen-bond acceptors (Lipinski definition) is 5. The molecule has 2 aromatic carbocycles. The predicted octanol–water partition coefficient (Wildman–Crippen LogP) is 2.37. The Morgan fingerprint density at radius 3 is 2.43 bits per heavy atom. The van der Waals surface area contributed by atoms with Crippen LogP contribution in [0.5, 0.6) is 11.5 Å². The van der Waals surface area contributed by atoms with Crippen molar-refractivity contribution in [1.82, 2.24) is 10.6 Å². The second-order valence-electron chi connectivity index (χ2n) is 6.43. The molecule has 0 spiro atoms. The lowest BCUT2D eigenvalue weighted by Crippen LogP contribution is -2.36. The van der Waals surface area contributed by atoms with Gasteiger partial charge in [0.15, 0.2) is 27.3 Å². The fourth-order valence-electron chi connectivity index (χ4n) is 2.77. The van der Waals surface area contributed by atoms with E-state index in [1.165, 1.54) is 13.4 Å². The molecule has 0 radical (unpaired) electrons. The van der Waals surface area contributed by atoms with Gasteiger partial charge in [-0.2, -0.15) is 0 Å². The molecule has 0 atom stereocenters. The predicted molar refractivity (Wildman–Crippen MR) is 111 cm³/mol. The minimum atomic E-state index is -3.23. The lowest BCUT2D eigenvalue weighted by Gasteiger charge is -2.12. The normalized spacial score (nSPS) is 11.9. The second kappa shape index (κ2) is 9.45. The zero-order valence-corrected chi connectivity index (χ0v) is 17.4. The van der Waals surface area contributed by atoms with Gasteiger partial charge < -0.3 is 20.5 Å². The average molecular weight is 406 g/mol. The minimum Gasteiger partial charge on any atom is -0.504 e. The van der Waals surface area contributed by atoms with Gasteiger partial charge in [-0.15, -0.1) is 0 Å². The first-order chi connectivity index (χ1) is 13.2. The molecule has 0 bridgehead atoms. The van der Waals surface area contributed by atoms with Gasteiger partial charge in [-0.3, -0.25) is 0 Å². The monoisotopic (exact) mass is 405 g/mol. The first-order valence-corrected chi connectivity index (χ1v) is 10.8. The Hall–Kier alpha value is -2.74. The molecular formula is C20H27N3O4S. The summed E-state index contributed by atoms with van der Waals surface area (Å²) in [5, 5.41) is 16.3. The number of ether oxygens (including phenoxy) is 1. The fraction of sp³-hybridized carbons (Fsp3) is 0.350. The van der Waals surface area contributed by atoms with E-state index in [2.05, 4.69) is 15.6 Å². The molecule has 0 saturated heterocycles. The molecule has 0 unspecified atom stereocenters. The van der Waals surface area contributed by atoms with Gasteiger partial charge in [0.2, 0.25) is 0 Å². The Balaban J connectivity index is 2.08. The zero-order chi connectivity index (χ0) is 20.7. The Labute approximate surface area is 166 Å². The third kappa shape index (κ3) is 5.88. The smallest absolute Gasteiger partial charge is 0.191 e. The van der Waals surface area contributed by atoms with Crippen molar-refractivity contribution in [2.75, 3.05) is 19.9 Å². The lowest BCUT2D eigenvalue weighted by molar-refractivity contribution is 0.373. The molecule has 28 heavy (non-hydrogen) atoms. The van der Waals surface area contributed by atoms with Crippen LogP contribution < -0.4 is 15.4 Å². The molecule has 0 saturated carbocycles. The SMILES string of the molecule is CCNC(=NCc1ccc(S(C)(=O)=O)c(C)c1)NCc1ccc(OC)c(O)c1. The number of phenols is 1. The molecule has 2 rings (SSSR count). The maximum absolute atomic E-state index is 11.7. The Morgan fingerprint density at radius 1 is 1.14 bits per heavy atom. The van der Waals surface area contributed by atoms with Crippen LogP contribution >= 0.6 is 0 Å². The molecular weight excluding hydrogens is 378 g/mol. The minimum absolute atomic E-state index is 0.0881. The molecule has 0 aromatic heterocycles. The summed E-state index contributed by atoms with van der Waals surface area (Å²) in [6.45, 7) is 5.35. The number of aliphatic imine (C=N–C) groups is 1. The zero-order valence-electron chi connectivity index (χ0n) is 16.6. The van der Waals surface area contributed by atoms with Gasteiger partial charge in [0.1, 0.15) is 0 Å². The van der Waals surface area contributed by atoms with Crippen molar-refractivity contribution in [2.24, 2.45) is 4.99 Å². The topological polar surface area (TPSA) is 100 Å². The first kappa shape index (κ1) is 21.6. The summed E-state index contributed by atoms with van der Waals surface area (Å²) in [5.74, 6) is 1.14. The van der Waals surface area contributed by atoms with Gasteiger partial charge in [-0.25, -0.2) is 13.4 Å². The van der Waals surface area contributed by atoms with Crippen LogP contribution in [0.25, 0.3) is 0 Å². The van der Waals surface area contributed by atoms with Crippen LogP contribution in [-0.2, 0) is 22.9 Å². The number of guanidine groups is 1.